The van der Waals surface area contributed by atoms with Crippen molar-refractivity contribution in [2.45, 2.75) is 52.6 Å². The van der Waals surface area contributed by atoms with Gasteiger partial charge in [0.2, 0.25) is 0 Å². The van der Waals surface area contributed by atoms with Crippen LogP contribution in [0.4, 0.5) is 0 Å². The summed E-state index contributed by atoms with van der Waals surface area (Å²) in [6, 6.07) is 20.3. The predicted octanol–water partition coefficient (Wildman–Crippen LogP) is 1.09. The van der Waals surface area contributed by atoms with Gasteiger partial charge in [-0.1, -0.05) is 74.7 Å². The number of rotatable bonds is 4. The minimum absolute atomic E-state index is 0. The van der Waals surface area contributed by atoms with Crippen LogP contribution in [0.1, 0.15) is 44.2 Å². The van der Waals surface area contributed by atoms with Gasteiger partial charge in [0.25, 0.3) is 0 Å². The van der Waals surface area contributed by atoms with Crippen molar-refractivity contribution in [3.8, 4) is 11.1 Å². The summed E-state index contributed by atoms with van der Waals surface area (Å²) < 4.78 is 0. The molecule has 0 atom stereocenters. The van der Waals surface area contributed by atoms with Crippen molar-refractivity contribution in [3.05, 3.63) is 65.7 Å². The molecule has 27 heavy (non-hydrogen) atoms. The van der Waals surface area contributed by atoms with Crippen LogP contribution < -0.4 is 24.8 Å². The number of aryl methyl sites for hydroxylation is 1. The topological polar surface area (TPSA) is 0 Å². The third kappa shape index (κ3) is 7.94. The average Bonchev–Trinajstić information content (AvgIpc) is 2.97. The molecule has 0 N–H and O–H groups in total. The number of halogens is 2. The Bertz CT molecular complexity index is 834. The first-order chi connectivity index (χ1) is 11.9. The predicted molar refractivity (Wildman–Crippen MR) is 111 cm³/mol. The molecule has 0 spiro atoms. The molecule has 3 aromatic rings. The van der Waals surface area contributed by atoms with Gasteiger partial charge in [0, 0.05) is 0 Å². The van der Waals surface area contributed by atoms with Gasteiger partial charge < -0.3 is 24.8 Å². The minimum atomic E-state index is 0. The largest absolute Gasteiger partial charge is 1.00 e. The first-order valence-electron chi connectivity index (χ1n) is 9.22. The minimum Gasteiger partial charge on any atom is -1.00 e. The number of hydrogen-bond donors (Lipinski definition) is 0. The van der Waals surface area contributed by atoms with Gasteiger partial charge >= 0.3 is 41.9 Å². The van der Waals surface area contributed by atoms with Crippen molar-refractivity contribution in [2.75, 3.05) is 0 Å². The molecule has 0 aliphatic heterocycles. The zero-order valence-electron chi connectivity index (χ0n) is 16.9. The molecule has 0 fully saturated rings. The maximum atomic E-state index is 2.38. The maximum Gasteiger partial charge on any atom is -1.00 e. The van der Waals surface area contributed by atoms with Crippen LogP contribution in [-0.2, 0) is 29.8 Å². The fraction of sp³-hybridized carbons (Fsp3) is 0.348. The second kappa shape index (κ2) is 13.0. The van der Waals surface area contributed by atoms with E-state index in [1.807, 2.05) is 0 Å². The van der Waals surface area contributed by atoms with E-state index in [1.54, 1.807) is 23.3 Å². The SMILES string of the molecule is CCCc1cc2c(-c3ccccc3)cc(C(C)C)cc2[cH-]1.C[Si](C)=[Zr+2].[Cl-].[Cl-]. The summed E-state index contributed by atoms with van der Waals surface area (Å²) in [4.78, 5) is 0. The maximum absolute atomic E-state index is 2.38. The van der Waals surface area contributed by atoms with Gasteiger partial charge in [-0.05, 0) is 17.9 Å². The Kier molecular flexibility index (Phi) is 12.9. The van der Waals surface area contributed by atoms with Crippen LogP contribution in [0.3, 0.4) is 0 Å². The van der Waals surface area contributed by atoms with Crippen molar-refractivity contribution < 1.29 is 48.1 Å². The molecule has 0 aromatic heterocycles. The van der Waals surface area contributed by atoms with Crippen molar-refractivity contribution in [1.29, 1.82) is 0 Å². The summed E-state index contributed by atoms with van der Waals surface area (Å²) >= 11 is 1.74. The van der Waals surface area contributed by atoms with Gasteiger partial charge in [0.1, 0.15) is 0 Å². The van der Waals surface area contributed by atoms with Crippen LogP contribution in [0.15, 0.2) is 54.6 Å². The molecule has 0 radical (unpaired) electrons. The van der Waals surface area contributed by atoms with Gasteiger partial charge in [-0.15, -0.1) is 28.5 Å². The Morgan fingerprint density at radius 1 is 1.00 bits per heavy atom. The fourth-order valence-corrected chi connectivity index (χ4v) is 3.03. The van der Waals surface area contributed by atoms with Gasteiger partial charge in [-0.2, -0.15) is 6.07 Å². The molecule has 0 aliphatic carbocycles. The van der Waals surface area contributed by atoms with Crippen LogP contribution in [-0.4, -0.2) is 5.43 Å². The molecule has 0 nitrogen and oxygen atoms in total. The van der Waals surface area contributed by atoms with Crippen molar-refractivity contribution in [2.24, 2.45) is 0 Å². The molecular weight excluding hydrogens is 466 g/mol. The molecule has 0 saturated heterocycles. The van der Waals surface area contributed by atoms with E-state index in [-0.39, 0.29) is 30.2 Å². The van der Waals surface area contributed by atoms with Crippen molar-refractivity contribution in [3.63, 3.8) is 0 Å². The molecule has 0 aliphatic rings. The van der Waals surface area contributed by atoms with E-state index in [9.17, 15) is 0 Å². The van der Waals surface area contributed by atoms with Crippen molar-refractivity contribution in [1.82, 2.24) is 0 Å². The standard InChI is InChI=1S/C21H23.C2H6Si.2ClH.Zr/c1-4-8-16-11-19-13-18(15(2)3)14-21(20(19)12-16)17-9-6-5-7-10-17;1-3-2;;;/h5-7,9-15H,4,8H2,1-3H3;1-2H3;2*1H;/q-1;;;;+2/p-2. The summed E-state index contributed by atoms with van der Waals surface area (Å²) in [5.74, 6) is 0.557. The molecule has 0 unspecified atom stereocenters. The molecule has 3 rings (SSSR count). The fourth-order valence-electron chi connectivity index (χ4n) is 3.03. The van der Waals surface area contributed by atoms with E-state index in [2.05, 4.69) is 88.5 Å². The van der Waals surface area contributed by atoms with Gasteiger partial charge in [0.05, 0.1) is 0 Å². The summed E-state index contributed by atoms with van der Waals surface area (Å²) in [6.07, 6.45) is 2.37. The Balaban J connectivity index is 0.00000103. The summed E-state index contributed by atoms with van der Waals surface area (Å²) in [7, 11) is 0. The summed E-state index contributed by atoms with van der Waals surface area (Å²) in [6.45, 7) is 11.4. The first-order valence-corrected chi connectivity index (χ1v) is 15.4. The average molecular weight is 496 g/mol. The zero-order chi connectivity index (χ0) is 18.4. The van der Waals surface area contributed by atoms with E-state index < -0.39 is 0 Å². The van der Waals surface area contributed by atoms with Crippen LogP contribution in [0.5, 0.6) is 0 Å². The smallest absolute Gasteiger partial charge is 1.00 e. The number of benzene rings is 2. The van der Waals surface area contributed by atoms with E-state index >= 15 is 0 Å². The molecule has 0 amide bonds. The Morgan fingerprint density at radius 2 is 1.59 bits per heavy atom. The van der Waals surface area contributed by atoms with Crippen LogP contribution in [0.25, 0.3) is 21.9 Å². The molecule has 3 aromatic carbocycles. The number of hydrogen-bond acceptors (Lipinski definition) is 0. The normalized spacial score (nSPS) is 9.93. The van der Waals surface area contributed by atoms with Crippen LogP contribution in [0, 0.1) is 0 Å². The van der Waals surface area contributed by atoms with E-state index in [1.165, 1.54) is 45.9 Å². The van der Waals surface area contributed by atoms with Gasteiger partial charge in [-0.3, -0.25) is 0 Å². The monoisotopic (exact) mass is 493 g/mol. The molecule has 4 heteroatoms. The van der Waals surface area contributed by atoms with Gasteiger partial charge in [0.15, 0.2) is 0 Å². The summed E-state index contributed by atoms with van der Waals surface area (Å²) in [5, 5.41) is 2.79. The number of fused-ring (bicyclic) bond motifs is 1. The zero-order valence-corrected chi connectivity index (χ0v) is 21.9. The summed E-state index contributed by atoms with van der Waals surface area (Å²) in [5.41, 5.74) is 5.79. The van der Waals surface area contributed by atoms with E-state index in [4.69, 9.17) is 0 Å². The van der Waals surface area contributed by atoms with E-state index in [0.29, 0.717) is 5.92 Å². The molecule has 0 bridgehead atoms. The third-order valence-electron chi connectivity index (χ3n) is 4.20. The Morgan fingerprint density at radius 3 is 2.11 bits per heavy atom. The second-order valence-electron chi connectivity index (χ2n) is 7.21. The van der Waals surface area contributed by atoms with E-state index in [0.717, 1.165) is 0 Å². The molecule has 144 valence electrons. The van der Waals surface area contributed by atoms with Gasteiger partial charge in [-0.25, -0.2) is 0 Å². The first kappa shape index (κ1) is 26.7. The van der Waals surface area contributed by atoms with Crippen molar-refractivity contribution >= 4 is 16.2 Å². The molecular formula is C23H29Cl2SiZr-. The second-order valence-corrected chi connectivity index (χ2v) is 16.6. The van der Waals surface area contributed by atoms with Crippen LogP contribution in [0.2, 0.25) is 13.1 Å². The Hall–Kier alpha value is -0.270. The molecule has 0 heterocycles. The quantitative estimate of drug-likeness (QED) is 0.376. The third-order valence-corrected chi connectivity index (χ3v) is 4.20. The Labute approximate surface area is 192 Å². The van der Waals surface area contributed by atoms with Crippen LogP contribution >= 0.6 is 0 Å². The molecule has 0 saturated carbocycles.